The third kappa shape index (κ3) is 2.76. The molecule has 3 aromatic rings. The Kier molecular flexibility index (Phi) is 3.87. The molecule has 0 saturated heterocycles. The van der Waals surface area contributed by atoms with E-state index in [2.05, 4.69) is 10.4 Å². The Bertz CT molecular complexity index is 932. The van der Waals surface area contributed by atoms with Crippen LogP contribution in [0.25, 0.3) is 11.0 Å². The second kappa shape index (κ2) is 5.99. The predicted octanol–water partition coefficient (Wildman–Crippen LogP) is 2.39. The Labute approximate surface area is 137 Å². The van der Waals surface area contributed by atoms with Gasteiger partial charge in [-0.15, -0.1) is 0 Å². The molecule has 1 N–H and O–H groups in total. The first kappa shape index (κ1) is 15.5. The lowest BCUT2D eigenvalue weighted by molar-refractivity contribution is -0.384. The number of amides is 1. The van der Waals surface area contributed by atoms with E-state index < -0.39 is 10.8 Å². The molecule has 0 bridgehead atoms. The SMILES string of the molecule is CN(C)c1ccc([N+](=O)[O-])cc1C(=O)Nn1cnc2ccccc21. The third-order valence-electron chi connectivity index (χ3n) is 3.59. The summed E-state index contributed by atoms with van der Waals surface area (Å²) in [4.78, 5) is 29.0. The Morgan fingerprint density at radius 3 is 2.71 bits per heavy atom. The lowest BCUT2D eigenvalue weighted by atomic mass is 10.1. The lowest BCUT2D eigenvalue weighted by Gasteiger charge is -2.17. The van der Waals surface area contributed by atoms with Crippen LogP contribution in [0.3, 0.4) is 0 Å². The van der Waals surface area contributed by atoms with E-state index in [1.807, 2.05) is 24.3 Å². The van der Waals surface area contributed by atoms with E-state index in [-0.39, 0.29) is 11.3 Å². The summed E-state index contributed by atoms with van der Waals surface area (Å²) in [6.07, 6.45) is 1.50. The molecule has 1 heterocycles. The normalized spacial score (nSPS) is 10.6. The van der Waals surface area contributed by atoms with Gasteiger partial charge in [0.1, 0.15) is 6.33 Å². The lowest BCUT2D eigenvalue weighted by Crippen LogP contribution is -2.24. The van der Waals surface area contributed by atoms with Gasteiger partial charge in [0.15, 0.2) is 0 Å². The molecule has 0 aliphatic carbocycles. The Morgan fingerprint density at radius 2 is 2.00 bits per heavy atom. The standard InChI is InChI=1S/C16H15N5O3/c1-19(2)14-8-7-11(21(23)24)9-12(14)16(22)18-20-10-17-13-5-3-4-6-15(13)20/h3-10H,1-2H3,(H,18,22). The zero-order valence-electron chi connectivity index (χ0n) is 13.1. The molecular weight excluding hydrogens is 310 g/mol. The van der Waals surface area contributed by atoms with Crippen molar-refractivity contribution in [3.63, 3.8) is 0 Å². The minimum absolute atomic E-state index is 0.138. The van der Waals surface area contributed by atoms with Crippen molar-refractivity contribution in [1.29, 1.82) is 0 Å². The first-order valence-corrected chi connectivity index (χ1v) is 7.16. The van der Waals surface area contributed by atoms with Crippen LogP contribution in [0.2, 0.25) is 0 Å². The van der Waals surface area contributed by atoms with Gasteiger partial charge in [-0.2, -0.15) is 0 Å². The van der Waals surface area contributed by atoms with E-state index >= 15 is 0 Å². The number of benzene rings is 2. The topological polar surface area (TPSA) is 93.3 Å². The Hall–Kier alpha value is -3.42. The molecule has 0 aliphatic rings. The number of fused-ring (bicyclic) bond motifs is 1. The molecule has 0 atom stereocenters. The summed E-state index contributed by atoms with van der Waals surface area (Å²) in [5.74, 6) is -0.453. The Balaban J connectivity index is 1.99. The molecule has 0 saturated carbocycles. The van der Waals surface area contributed by atoms with E-state index in [0.717, 1.165) is 11.0 Å². The smallest absolute Gasteiger partial charge is 0.272 e. The highest BCUT2D eigenvalue weighted by atomic mass is 16.6. The zero-order chi connectivity index (χ0) is 17.3. The largest absolute Gasteiger partial charge is 0.377 e. The van der Waals surface area contributed by atoms with E-state index in [1.165, 1.54) is 23.1 Å². The minimum atomic E-state index is -0.525. The molecular formula is C16H15N5O3. The first-order chi connectivity index (χ1) is 11.5. The number of carbonyl (C=O) groups excluding carboxylic acids is 1. The summed E-state index contributed by atoms with van der Waals surface area (Å²) >= 11 is 0. The van der Waals surface area contributed by atoms with Crippen LogP contribution in [-0.4, -0.2) is 34.6 Å². The number of para-hydroxylation sites is 2. The molecule has 0 fully saturated rings. The maximum absolute atomic E-state index is 12.6. The summed E-state index contributed by atoms with van der Waals surface area (Å²) in [6, 6.07) is 11.5. The summed E-state index contributed by atoms with van der Waals surface area (Å²) < 4.78 is 1.50. The third-order valence-corrected chi connectivity index (χ3v) is 3.59. The fourth-order valence-electron chi connectivity index (χ4n) is 2.43. The molecule has 24 heavy (non-hydrogen) atoms. The number of hydrogen-bond donors (Lipinski definition) is 1. The van der Waals surface area contributed by atoms with Gasteiger partial charge in [0.25, 0.3) is 11.6 Å². The van der Waals surface area contributed by atoms with Crippen LogP contribution in [0, 0.1) is 10.1 Å². The first-order valence-electron chi connectivity index (χ1n) is 7.16. The summed E-state index contributed by atoms with van der Waals surface area (Å²) in [5.41, 5.74) is 4.85. The number of carbonyl (C=O) groups is 1. The van der Waals surface area contributed by atoms with Gasteiger partial charge in [0, 0.05) is 31.9 Å². The second-order valence-electron chi connectivity index (χ2n) is 5.40. The number of nitro groups is 1. The highest BCUT2D eigenvalue weighted by Gasteiger charge is 2.18. The fourth-order valence-corrected chi connectivity index (χ4v) is 2.43. The van der Waals surface area contributed by atoms with Gasteiger partial charge in [-0.1, -0.05) is 12.1 Å². The zero-order valence-corrected chi connectivity index (χ0v) is 13.1. The molecule has 2 aromatic carbocycles. The van der Waals surface area contributed by atoms with Gasteiger partial charge < -0.3 is 4.90 Å². The van der Waals surface area contributed by atoms with Crippen molar-refractivity contribution in [3.05, 3.63) is 64.5 Å². The number of nitrogens with one attached hydrogen (secondary N) is 1. The van der Waals surface area contributed by atoms with Crippen molar-refractivity contribution >= 4 is 28.3 Å². The second-order valence-corrected chi connectivity index (χ2v) is 5.40. The van der Waals surface area contributed by atoms with Gasteiger partial charge in [-0.3, -0.25) is 20.3 Å². The van der Waals surface area contributed by atoms with Crippen molar-refractivity contribution in [3.8, 4) is 0 Å². The van der Waals surface area contributed by atoms with Gasteiger partial charge in [0.05, 0.1) is 21.5 Å². The van der Waals surface area contributed by atoms with Crippen LogP contribution in [0.4, 0.5) is 11.4 Å². The van der Waals surface area contributed by atoms with Crippen LogP contribution >= 0.6 is 0 Å². The number of nitrogens with zero attached hydrogens (tertiary/aromatic N) is 4. The van der Waals surface area contributed by atoms with Crippen LogP contribution < -0.4 is 10.3 Å². The number of hydrogen-bond acceptors (Lipinski definition) is 5. The maximum Gasteiger partial charge on any atom is 0.272 e. The summed E-state index contributed by atoms with van der Waals surface area (Å²) in [5, 5.41) is 11.0. The van der Waals surface area contributed by atoms with Gasteiger partial charge in [-0.25, -0.2) is 9.66 Å². The van der Waals surface area contributed by atoms with Gasteiger partial charge in [0.2, 0.25) is 0 Å². The van der Waals surface area contributed by atoms with E-state index in [0.29, 0.717) is 5.69 Å². The van der Waals surface area contributed by atoms with E-state index in [9.17, 15) is 14.9 Å². The number of aromatic nitrogens is 2. The molecule has 8 heteroatoms. The molecule has 0 spiro atoms. The van der Waals surface area contributed by atoms with E-state index in [1.54, 1.807) is 25.1 Å². The quantitative estimate of drug-likeness (QED) is 0.587. The number of rotatable bonds is 4. The average molecular weight is 325 g/mol. The molecule has 3 rings (SSSR count). The minimum Gasteiger partial charge on any atom is -0.377 e. The molecule has 1 amide bonds. The molecule has 8 nitrogen and oxygen atoms in total. The van der Waals surface area contributed by atoms with Gasteiger partial charge in [-0.05, 0) is 18.2 Å². The molecule has 122 valence electrons. The van der Waals surface area contributed by atoms with Crippen molar-refractivity contribution in [1.82, 2.24) is 9.66 Å². The highest BCUT2D eigenvalue weighted by molar-refractivity contribution is 6.05. The molecule has 0 radical (unpaired) electrons. The van der Waals surface area contributed by atoms with Crippen LogP contribution in [0.5, 0.6) is 0 Å². The Morgan fingerprint density at radius 1 is 1.25 bits per heavy atom. The number of non-ortho nitro benzene ring substituents is 1. The predicted molar refractivity (Wildman–Crippen MR) is 90.8 cm³/mol. The van der Waals surface area contributed by atoms with Crippen molar-refractivity contribution in [2.24, 2.45) is 0 Å². The van der Waals surface area contributed by atoms with Crippen LogP contribution in [0.1, 0.15) is 10.4 Å². The van der Waals surface area contributed by atoms with Crippen LogP contribution in [0.15, 0.2) is 48.8 Å². The fraction of sp³-hybridized carbons (Fsp3) is 0.125. The van der Waals surface area contributed by atoms with E-state index in [4.69, 9.17) is 0 Å². The number of anilines is 1. The van der Waals surface area contributed by atoms with Crippen LogP contribution in [-0.2, 0) is 0 Å². The number of imidazole rings is 1. The summed E-state index contributed by atoms with van der Waals surface area (Å²) in [6.45, 7) is 0. The van der Waals surface area contributed by atoms with Crippen molar-refractivity contribution < 1.29 is 9.72 Å². The van der Waals surface area contributed by atoms with Gasteiger partial charge >= 0.3 is 0 Å². The maximum atomic E-state index is 12.6. The molecule has 1 aromatic heterocycles. The van der Waals surface area contributed by atoms with Crippen molar-refractivity contribution in [2.75, 3.05) is 24.4 Å². The molecule has 0 aliphatic heterocycles. The monoisotopic (exact) mass is 325 g/mol. The van der Waals surface area contributed by atoms with Crippen molar-refractivity contribution in [2.45, 2.75) is 0 Å². The highest BCUT2D eigenvalue weighted by Crippen LogP contribution is 2.24. The number of nitro benzene ring substituents is 1. The molecule has 0 unspecified atom stereocenters. The summed E-state index contributed by atoms with van der Waals surface area (Å²) in [7, 11) is 3.54. The average Bonchev–Trinajstić information content (AvgIpc) is 2.97.